The molecule has 1 aromatic rings. The number of aryl methyl sites for hydroxylation is 1. The molecule has 0 amide bonds. The second-order valence-corrected chi connectivity index (χ2v) is 3.84. The number of carbonyl (C=O) groups excluding carboxylic acids is 1. The summed E-state index contributed by atoms with van der Waals surface area (Å²) in [7, 11) is 1.96. The molecule has 0 fully saturated rings. The van der Waals surface area contributed by atoms with Crippen LogP contribution in [-0.2, 0) is 0 Å². The minimum atomic E-state index is 0.611. The molecule has 0 radical (unpaired) electrons. The Balaban J connectivity index is 2.94. The van der Waals surface area contributed by atoms with E-state index in [4.69, 9.17) is 0 Å². The van der Waals surface area contributed by atoms with Gasteiger partial charge >= 0.3 is 0 Å². The highest BCUT2D eigenvalue weighted by molar-refractivity contribution is 5.75. The molecule has 0 aliphatic heterocycles. The number of aromatic nitrogens is 1. The van der Waals surface area contributed by atoms with E-state index in [1.807, 2.05) is 31.9 Å². The standard InChI is InChI=1S/C12H16N2O/c1-9(2)7-14(4)12-10(3)5-11(8-15)6-13-12/h5-6,8H,1,7H2,2-4H3. The molecule has 1 aromatic heterocycles. The number of pyridine rings is 1. The van der Waals surface area contributed by atoms with E-state index in [1.165, 1.54) is 0 Å². The largest absolute Gasteiger partial charge is 0.355 e. The summed E-state index contributed by atoms with van der Waals surface area (Å²) in [5, 5.41) is 0. The van der Waals surface area contributed by atoms with Crippen LogP contribution in [0.1, 0.15) is 22.8 Å². The van der Waals surface area contributed by atoms with Crippen LogP contribution in [0.5, 0.6) is 0 Å². The van der Waals surface area contributed by atoms with E-state index >= 15 is 0 Å². The van der Waals surface area contributed by atoms with Gasteiger partial charge in [-0.05, 0) is 25.5 Å². The topological polar surface area (TPSA) is 33.2 Å². The Kier molecular flexibility index (Phi) is 3.61. The number of rotatable bonds is 4. The van der Waals surface area contributed by atoms with Crippen LogP contribution in [-0.4, -0.2) is 24.9 Å². The van der Waals surface area contributed by atoms with Gasteiger partial charge in [0, 0.05) is 25.4 Å². The summed E-state index contributed by atoms with van der Waals surface area (Å²) >= 11 is 0. The first kappa shape index (κ1) is 11.4. The zero-order valence-electron chi connectivity index (χ0n) is 9.45. The van der Waals surface area contributed by atoms with Crippen molar-refractivity contribution in [3.8, 4) is 0 Å². The molecular formula is C12H16N2O. The summed E-state index contributed by atoms with van der Waals surface area (Å²) in [5.41, 5.74) is 2.70. The molecule has 0 aliphatic rings. The molecule has 0 spiro atoms. The van der Waals surface area contributed by atoms with E-state index in [9.17, 15) is 4.79 Å². The predicted octanol–water partition coefficient (Wildman–Crippen LogP) is 2.21. The van der Waals surface area contributed by atoms with Crippen LogP contribution in [0.15, 0.2) is 24.4 Å². The van der Waals surface area contributed by atoms with Gasteiger partial charge in [0.15, 0.2) is 6.29 Å². The highest BCUT2D eigenvalue weighted by atomic mass is 16.1. The number of hydrogen-bond donors (Lipinski definition) is 0. The van der Waals surface area contributed by atoms with Gasteiger partial charge in [0.25, 0.3) is 0 Å². The average Bonchev–Trinajstić information content (AvgIpc) is 2.16. The SMILES string of the molecule is C=C(C)CN(C)c1ncc(C=O)cc1C. The van der Waals surface area contributed by atoms with Crippen molar-refractivity contribution in [3.05, 3.63) is 35.5 Å². The van der Waals surface area contributed by atoms with Crippen molar-refractivity contribution in [2.24, 2.45) is 0 Å². The first-order valence-electron chi connectivity index (χ1n) is 4.82. The molecule has 0 bridgehead atoms. The van der Waals surface area contributed by atoms with E-state index in [0.717, 1.165) is 29.8 Å². The summed E-state index contributed by atoms with van der Waals surface area (Å²) in [6, 6.07) is 1.84. The predicted molar refractivity (Wildman–Crippen MR) is 62.4 cm³/mol. The Morgan fingerprint density at radius 2 is 2.33 bits per heavy atom. The number of nitrogens with zero attached hydrogens (tertiary/aromatic N) is 2. The molecule has 1 rings (SSSR count). The lowest BCUT2D eigenvalue weighted by molar-refractivity contribution is 0.112. The van der Waals surface area contributed by atoms with Crippen molar-refractivity contribution >= 4 is 12.1 Å². The Hall–Kier alpha value is -1.64. The number of anilines is 1. The second-order valence-electron chi connectivity index (χ2n) is 3.84. The molecule has 80 valence electrons. The summed E-state index contributed by atoms with van der Waals surface area (Å²) in [4.78, 5) is 16.8. The van der Waals surface area contributed by atoms with Crippen molar-refractivity contribution in [1.29, 1.82) is 0 Å². The number of carbonyl (C=O) groups is 1. The quantitative estimate of drug-likeness (QED) is 0.557. The summed E-state index contributed by atoms with van der Waals surface area (Å²) in [6.45, 7) is 8.56. The van der Waals surface area contributed by atoms with E-state index < -0.39 is 0 Å². The molecule has 0 unspecified atom stereocenters. The average molecular weight is 204 g/mol. The Bertz CT molecular complexity index is 385. The Labute approximate surface area is 90.4 Å². The molecule has 1 heterocycles. The normalized spacial score (nSPS) is 9.80. The molecule has 0 N–H and O–H groups in total. The van der Waals surface area contributed by atoms with Gasteiger partial charge in [-0.15, -0.1) is 0 Å². The number of likely N-dealkylation sites (N-methyl/N-ethyl adjacent to an activating group) is 1. The first-order valence-corrected chi connectivity index (χ1v) is 4.82. The molecule has 15 heavy (non-hydrogen) atoms. The maximum atomic E-state index is 10.5. The van der Waals surface area contributed by atoms with Crippen LogP contribution in [0.25, 0.3) is 0 Å². The van der Waals surface area contributed by atoms with Gasteiger partial charge in [0.1, 0.15) is 5.82 Å². The highest BCUT2D eigenvalue weighted by Gasteiger charge is 2.06. The molecule has 3 nitrogen and oxygen atoms in total. The maximum Gasteiger partial charge on any atom is 0.151 e. The molecule has 0 aliphatic carbocycles. The highest BCUT2D eigenvalue weighted by Crippen LogP contribution is 2.16. The minimum Gasteiger partial charge on any atom is -0.355 e. The van der Waals surface area contributed by atoms with Gasteiger partial charge in [0.05, 0.1) is 0 Å². The first-order chi connectivity index (χ1) is 7.04. The lowest BCUT2D eigenvalue weighted by atomic mass is 10.2. The van der Waals surface area contributed by atoms with Crippen molar-refractivity contribution in [2.75, 3.05) is 18.5 Å². The summed E-state index contributed by atoms with van der Waals surface area (Å²) in [5.74, 6) is 0.892. The van der Waals surface area contributed by atoms with E-state index in [0.29, 0.717) is 5.56 Å². The van der Waals surface area contributed by atoms with Crippen molar-refractivity contribution in [2.45, 2.75) is 13.8 Å². The fraction of sp³-hybridized carbons (Fsp3) is 0.333. The van der Waals surface area contributed by atoms with Crippen LogP contribution in [0.4, 0.5) is 5.82 Å². The smallest absolute Gasteiger partial charge is 0.151 e. The van der Waals surface area contributed by atoms with Gasteiger partial charge in [0.2, 0.25) is 0 Å². The van der Waals surface area contributed by atoms with Crippen LogP contribution in [0.3, 0.4) is 0 Å². The van der Waals surface area contributed by atoms with Gasteiger partial charge in [-0.2, -0.15) is 0 Å². The summed E-state index contributed by atoms with van der Waals surface area (Å²) < 4.78 is 0. The van der Waals surface area contributed by atoms with Crippen LogP contribution in [0.2, 0.25) is 0 Å². The fourth-order valence-corrected chi connectivity index (χ4v) is 1.53. The molecule has 0 saturated carbocycles. The Morgan fingerprint density at radius 1 is 1.67 bits per heavy atom. The van der Waals surface area contributed by atoms with Gasteiger partial charge in [-0.25, -0.2) is 4.98 Å². The second kappa shape index (κ2) is 4.73. The molecular weight excluding hydrogens is 188 g/mol. The number of hydrogen-bond acceptors (Lipinski definition) is 3. The molecule has 0 aromatic carbocycles. The van der Waals surface area contributed by atoms with Crippen LogP contribution in [0, 0.1) is 6.92 Å². The zero-order chi connectivity index (χ0) is 11.4. The molecule has 0 atom stereocenters. The summed E-state index contributed by atoms with van der Waals surface area (Å²) in [6.07, 6.45) is 2.40. The van der Waals surface area contributed by atoms with Crippen LogP contribution < -0.4 is 4.90 Å². The third kappa shape index (κ3) is 2.91. The van der Waals surface area contributed by atoms with Gasteiger partial charge < -0.3 is 4.90 Å². The fourth-order valence-electron chi connectivity index (χ4n) is 1.53. The third-order valence-electron chi connectivity index (χ3n) is 2.08. The van der Waals surface area contributed by atoms with Crippen molar-refractivity contribution in [1.82, 2.24) is 4.98 Å². The molecule has 0 saturated heterocycles. The van der Waals surface area contributed by atoms with E-state index in [2.05, 4.69) is 11.6 Å². The van der Waals surface area contributed by atoms with Crippen molar-refractivity contribution in [3.63, 3.8) is 0 Å². The lowest BCUT2D eigenvalue weighted by Gasteiger charge is -2.20. The zero-order valence-corrected chi connectivity index (χ0v) is 9.45. The third-order valence-corrected chi connectivity index (χ3v) is 2.08. The lowest BCUT2D eigenvalue weighted by Crippen LogP contribution is -2.21. The monoisotopic (exact) mass is 204 g/mol. The van der Waals surface area contributed by atoms with E-state index in [-0.39, 0.29) is 0 Å². The van der Waals surface area contributed by atoms with Gasteiger partial charge in [-0.3, -0.25) is 4.79 Å². The molecule has 3 heteroatoms. The van der Waals surface area contributed by atoms with E-state index in [1.54, 1.807) is 6.20 Å². The van der Waals surface area contributed by atoms with Crippen molar-refractivity contribution < 1.29 is 4.79 Å². The maximum absolute atomic E-state index is 10.5. The van der Waals surface area contributed by atoms with Gasteiger partial charge in [-0.1, -0.05) is 12.2 Å². The number of aldehydes is 1. The minimum absolute atomic E-state index is 0.611. The Morgan fingerprint density at radius 3 is 2.80 bits per heavy atom. The van der Waals surface area contributed by atoms with Crippen LogP contribution >= 0.6 is 0 Å².